The molecular weight excluding hydrogens is 340 g/mol. The third kappa shape index (κ3) is 4.69. The van der Waals surface area contributed by atoms with Crippen LogP contribution in [0.25, 0.3) is 5.69 Å². The zero-order valence-corrected chi connectivity index (χ0v) is 16.7. The summed E-state index contributed by atoms with van der Waals surface area (Å²) < 4.78 is 7.01. The zero-order valence-electron chi connectivity index (χ0n) is 16.7. The summed E-state index contributed by atoms with van der Waals surface area (Å²) in [6.07, 6.45) is 5.65. The average Bonchev–Trinajstić information content (AvgIpc) is 3.18. The molecule has 3 rings (SSSR count). The van der Waals surface area contributed by atoms with E-state index in [-0.39, 0.29) is 17.9 Å². The average molecular weight is 370 g/mol. The first-order valence-corrected chi connectivity index (χ1v) is 9.71. The normalized spacial score (nSPS) is 17.1. The monoisotopic (exact) mass is 370 g/mol. The Hall–Kier alpha value is -2.34. The molecule has 1 saturated heterocycles. The minimum Gasteiger partial charge on any atom is -0.497 e. The minimum absolute atomic E-state index is 0.0624. The van der Waals surface area contributed by atoms with Crippen LogP contribution in [0.1, 0.15) is 45.2 Å². The first-order valence-electron chi connectivity index (χ1n) is 9.71. The molecule has 146 valence electrons. The molecule has 0 aliphatic carbocycles. The molecule has 27 heavy (non-hydrogen) atoms. The van der Waals surface area contributed by atoms with Crippen molar-refractivity contribution in [1.82, 2.24) is 20.0 Å². The predicted octanol–water partition coefficient (Wildman–Crippen LogP) is 3.18. The Labute approximate surface area is 161 Å². The molecule has 2 heterocycles. The van der Waals surface area contributed by atoms with E-state index in [2.05, 4.69) is 29.2 Å². The van der Waals surface area contributed by atoms with Crippen LogP contribution in [-0.4, -0.2) is 46.8 Å². The number of ether oxygens (including phenoxy) is 1. The molecule has 0 radical (unpaired) electrons. The maximum atomic E-state index is 12.6. The van der Waals surface area contributed by atoms with Gasteiger partial charge in [0.05, 0.1) is 25.0 Å². The lowest BCUT2D eigenvalue weighted by Crippen LogP contribution is -2.43. The van der Waals surface area contributed by atoms with Crippen LogP contribution in [-0.2, 0) is 4.79 Å². The molecule has 1 aliphatic rings. The number of rotatable bonds is 6. The van der Waals surface area contributed by atoms with E-state index in [1.165, 1.54) is 0 Å². The Morgan fingerprint density at radius 3 is 2.44 bits per heavy atom. The molecule has 0 unspecified atom stereocenters. The smallest absolute Gasteiger partial charge is 0.223 e. The van der Waals surface area contributed by atoms with Gasteiger partial charge in [0.2, 0.25) is 5.91 Å². The Morgan fingerprint density at radius 2 is 1.85 bits per heavy atom. The molecule has 0 spiro atoms. The van der Waals surface area contributed by atoms with Gasteiger partial charge in [-0.2, -0.15) is 5.10 Å². The van der Waals surface area contributed by atoms with Crippen molar-refractivity contribution in [2.45, 2.75) is 45.7 Å². The zero-order chi connectivity index (χ0) is 19.4. The van der Waals surface area contributed by atoms with E-state index in [9.17, 15) is 4.79 Å². The Bertz CT molecular complexity index is 746. The van der Waals surface area contributed by atoms with Gasteiger partial charge in [-0.05, 0) is 71.0 Å². The first-order chi connectivity index (χ1) is 13.0. The van der Waals surface area contributed by atoms with E-state index in [0.29, 0.717) is 6.04 Å². The molecule has 6 nitrogen and oxygen atoms in total. The third-order valence-corrected chi connectivity index (χ3v) is 5.43. The summed E-state index contributed by atoms with van der Waals surface area (Å²) in [5.41, 5.74) is 1.96. The number of aromatic nitrogens is 2. The number of methoxy groups -OCH3 is 1. The first kappa shape index (κ1) is 19.4. The second kappa shape index (κ2) is 8.57. The van der Waals surface area contributed by atoms with Crippen LogP contribution >= 0.6 is 0 Å². The lowest BCUT2D eigenvalue weighted by Gasteiger charge is -2.34. The molecule has 2 aromatic rings. The molecule has 1 N–H and O–H groups in total. The topological polar surface area (TPSA) is 59.4 Å². The Morgan fingerprint density at radius 1 is 1.19 bits per heavy atom. The molecule has 1 aromatic heterocycles. The predicted molar refractivity (Wildman–Crippen MR) is 106 cm³/mol. The summed E-state index contributed by atoms with van der Waals surface area (Å²) in [6.45, 7) is 8.43. The molecule has 6 heteroatoms. The highest BCUT2D eigenvalue weighted by Gasteiger charge is 2.27. The maximum Gasteiger partial charge on any atom is 0.223 e. The summed E-state index contributed by atoms with van der Waals surface area (Å²) in [7, 11) is 1.65. The second-order valence-corrected chi connectivity index (χ2v) is 7.55. The number of amides is 1. The quantitative estimate of drug-likeness (QED) is 0.848. The highest BCUT2D eigenvalue weighted by molar-refractivity contribution is 5.79. The van der Waals surface area contributed by atoms with Crippen LogP contribution in [0.5, 0.6) is 5.75 Å². The SMILES string of the molecule is COc1ccc(-n2cc([C@@H](C)NC(=O)C3CCN(C(C)C)CC3)cn2)cc1. The lowest BCUT2D eigenvalue weighted by molar-refractivity contribution is -0.127. The highest BCUT2D eigenvalue weighted by Crippen LogP contribution is 2.21. The van der Waals surface area contributed by atoms with Crippen molar-refractivity contribution < 1.29 is 9.53 Å². The second-order valence-electron chi connectivity index (χ2n) is 7.55. The van der Waals surface area contributed by atoms with E-state index in [4.69, 9.17) is 4.74 Å². The van der Waals surface area contributed by atoms with Gasteiger partial charge in [-0.15, -0.1) is 0 Å². The minimum atomic E-state index is -0.0624. The number of hydrogen-bond acceptors (Lipinski definition) is 4. The van der Waals surface area contributed by atoms with Gasteiger partial charge in [0.25, 0.3) is 0 Å². The Balaban J connectivity index is 1.57. The number of nitrogens with zero attached hydrogens (tertiary/aromatic N) is 3. The van der Waals surface area contributed by atoms with E-state index in [1.54, 1.807) is 7.11 Å². The van der Waals surface area contributed by atoms with Gasteiger partial charge < -0.3 is 15.0 Å². The summed E-state index contributed by atoms with van der Waals surface area (Å²) in [4.78, 5) is 15.1. The third-order valence-electron chi connectivity index (χ3n) is 5.43. The summed E-state index contributed by atoms with van der Waals surface area (Å²) >= 11 is 0. The van der Waals surface area contributed by atoms with Crippen LogP contribution in [0, 0.1) is 5.92 Å². The van der Waals surface area contributed by atoms with Crippen LogP contribution in [0.2, 0.25) is 0 Å². The fraction of sp³-hybridized carbons (Fsp3) is 0.524. The summed E-state index contributed by atoms with van der Waals surface area (Å²) in [5, 5.41) is 7.59. The van der Waals surface area contributed by atoms with Gasteiger partial charge in [0, 0.05) is 23.7 Å². The summed E-state index contributed by atoms with van der Waals surface area (Å²) in [5.74, 6) is 1.08. The van der Waals surface area contributed by atoms with E-state index < -0.39 is 0 Å². The van der Waals surface area contributed by atoms with Crippen molar-refractivity contribution >= 4 is 5.91 Å². The molecular formula is C21H30N4O2. The van der Waals surface area contributed by atoms with Crippen molar-refractivity contribution in [3.63, 3.8) is 0 Å². The van der Waals surface area contributed by atoms with Crippen molar-refractivity contribution in [1.29, 1.82) is 0 Å². The number of benzene rings is 1. The van der Waals surface area contributed by atoms with Gasteiger partial charge in [-0.25, -0.2) is 4.68 Å². The maximum absolute atomic E-state index is 12.6. The van der Waals surface area contributed by atoms with E-state index in [0.717, 1.165) is 42.9 Å². The van der Waals surface area contributed by atoms with E-state index in [1.807, 2.05) is 48.3 Å². The molecule has 0 saturated carbocycles. The van der Waals surface area contributed by atoms with Gasteiger partial charge in [0.15, 0.2) is 0 Å². The van der Waals surface area contributed by atoms with Crippen LogP contribution < -0.4 is 10.1 Å². The number of hydrogen-bond donors (Lipinski definition) is 1. The van der Waals surface area contributed by atoms with Crippen LogP contribution in [0.15, 0.2) is 36.7 Å². The van der Waals surface area contributed by atoms with Crippen LogP contribution in [0.4, 0.5) is 0 Å². The molecule has 1 fully saturated rings. The molecule has 1 atom stereocenters. The van der Waals surface area contributed by atoms with Crippen molar-refractivity contribution in [3.05, 3.63) is 42.2 Å². The number of nitrogens with one attached hydrogen (secondary N) is 1. The number of carbonyl (C=O) groups is 1. The van der Waals surface area contributed by atoms with Crippen molar-refractivity contribution in [2.24, 2.45) is 5.92 Å². The molecule has 1 amide bonds. The lowest BCUT2D eigenvalue weighted by atomic mass is 9.94. The van der Waals surface area contributed by atoms with Gasteiger partial charge in [0.1, 0.15) is 5.75 Å². The largest absolute Gasteiger partial charge is 0.497 e. The van der Waals surface area contributed by atoms with Crippen LogP contribution in [0.3, 0.4) is 0 Å². The molecule has 1 aromatic carbocycles. The molecule has 1 aliphatic heterocycles. The van der Waals surface area contributed by atoms with Gasteiger partial charge in [-0.1, -0.05) is 0 Å². The fourth-order valence-electron chi connectivity index (χ4n) is 3.53. The van der Waals surface area contributed by atoms with Crippen molar-refractivity contribution in [2.75, 3.05) is 20.2 Å². The Kier molecular flexibility index (Phi) is 6.16. The summed E-state index contributed by atoms with van der Waals surface area (Å²) in [6, 6.07) is 8.23. The standard InChI is InChI=1S/C21H30N4O2/c1-15(2)24-11-9-17(10-12-24)21(26)23-16(3)18-13-22-25(14-18)19-5-7-20(27-4)8-6-19/h5-8,13-17H,9-12H2,1-4H3,(H,23,26)/t16-/m1/s1. The fourth-order valence-corrected chi connectivity index (χ4v) is 3.53. The number of piperidine rings is 1. The number of carbonyl (C=O) groups excluding carboxylic acids is 1. The van der Waals surface area contributed by atoms with Crippen molar-refractivity contribution in [3.8, 4) is 11.4 Å². The highest BCUT2D eigenvalue weighted by atomic mass is 16.5. The van der Waals surface area contributed by atoms with Gasteiger partial charge in [-0.3, -0.25) is 4.79 Å². The number of likely N-dealkylation sites (tertiary alicyclic amines) is 1. The van der Waals surface area contributed by atoms with E-state index >= 15 is 0 Å². The molecule has 0 bridgehead atoms. The van der Waals surface area contributed by atoms with Gasteiger partial charge >= 0.3 is 0 Å².